The Morgan fingerprint density at radius 3 is 3.00 bits per heavy atom. The molecule has 0 atom stereocenters. The van der Waals surface area contributed by atoms with Crippen LogP contribution < -0.4 is 5.32 Å². The largest absolute Gasteiger partial charge is 0.312 e. The van der Waals surface area contributed by atoms with Crippen LogP contribution >= 0.6 is 12.6 Å². The van der Waals surface area contributed by atoms with Gasteiger partial charge in [0, 0.05) is 25.0 Å². The fourth-order valence-electron chi connectivity index (χ4n) is 0.864. The minimum atomic E-state index is -0.292. The van der Waals surface area contributed by atoms with E-state index in [0.29, 0.717) is 6.54 Å². The molecule has 4 heteroatoms. The molecule has 0 radical (unpaired) electrons. The average molecular weight is 186 g/mol. The van der Waals surface area contributed by atoms with E-state index in [1.807, 2.05) is 0 Å². The fraction of sp³-hybridized carbons (Fsp3) is 0.375. The summed E-state index contributed by atoms with van der Waals surface area (Å²) < 4.78 is 12.6. The number of pyridine rings is 1. The second-order valence-corrected chi connectivity index (χ2v) is 2.86. The van der Waals surface area contributed by atoms with E-state index in [-0.39, 0.29) is 5.82 Å². The first-order chi connectivity index (χ1) is 5.83. The molecule has 0 spiro atoms. The monoisotopic (exact) mass is 186 g/mol. The highest BCUT2D eigenvalue weighted by Crippen LogP contribution is 1.99. The molecule has 66 valence electrons. The third-order valence-corrected chi connectivity index (χ3v) is 1.60. The highest BCUT2D eigenvalue weighted by Gasteiger charge is 1.94. The van der Waals surface area contributed by atoms with Gasteiger partial charge in [-0.25, -0.2) is 4.39 Å². The lowest BCUT2D eigenvalue weighted by Crippen LogP contribution is -2.15. The van der Waals surface area contributed by atoms with Crippen molar-refractivity contribution in [1.29, 1.82) is 0 Å². The Morgan fingerprint density at radius 1 is 1.50 bits per heavy atom. The lowest BCUT2D eigenvalue weighted by atomic mass is 10.3. The van der Waals surface area contributed by atoms with E-state index in [9.17, 15) is 4.39 Å². The van der Waals surface area contributed by atoms with Gasteiger partial charge in [-0.15, -0.1) is 0 Å². The fourth-order valence-corrected chi connectivity index (χ4v) is 1.02. The Bertz CT molecular complexity index is 242. The number of aromatic nitrogens is 1. The lowest BCUT2D eigenvalue weighted by molar-refractivity contribution is 0.614. The highest BCUT2D eigenvalue weighted by molar-refractivity contribution is 7.80. The van der Waals surface area contributed by atoms with Crippen LogP contribution in [0.25, 0.3) is 0 Å². The predicted molar refractivity (Wildman–Crippen MR) is 49.8 cm³/mol. The maximum absolute atomic E-state index is 12.6. The number of hydrogen-bond acceptors (Lipinski definition) is 3. The van der Waals surface area contributed by atoms with Gasteiger partial charge in [0.1, 0.15) is 5.82 Å². The van der Waals surface area contributed by atoms with E-state index in [1.54, 1.807) is 6.20 Å². The zero-order chi connectivity index (χ0) is 8.81. The van der Waals surface area contributed by atoms with Gasteiger partial charge in [-0.3, -0.25) is 4.98 Å². The van der Waals surface area contributed by atoms with Crippen molar-refractivity contribution in [2.45, 2.75) is 6.54 Å². The molecule has 1 N–H and O–H groups in total. The van der Waals surface area contributed by atoms with E-state index in [0.717, 1.165) is 17.9 Å². The van der Waals surface area contributed by atoms with Gasteiger partial charge < -0.3 is 5.32 Å². The van der Waals surface area contributed by atoms with Crippen molar-refractivity contribution >= 4 is 12.6 Å². The molecule has 12 heavy (non-hydrogen) atoms. The topological polar surface area (TPSA) is 24.9 Å². The van der Waals surface area contributed by atoms with Crippen LogP contribution in [0.3, 0.4) is 0 Å². The summed E-state index contributed by atoms with van der Waals surface area (Å²) in [5.74, 6) is 0.489. The number of thiol groups is 1. The molecule has 0 bridgehead atoms. The van der Waals surface area contributed by atoms with E-state index >= 15 is 0 Å². The van der Waals surface area contributed by atoms with Crippen LogP contribution in [0.15, 0.2) is 18.5 Å². The summed E-state index contributed by atoms with van der Waals surface area (Å²) in [5.41, 5.74) is 0.858. The predicted octanol–water partition coefficient (Wildman–Crippen LogP) is 1.24. The maximum Gasteiger partial charge on any atom is 0.141 e. The van der Waals surface area contributed by atoms with Crippen molar-refractivity contribution in [3.63, 3.8) is 0 Å². The van der Waals surface area contributed by atoms with Gasteiger partial charge in [-0.05, 0) is 11.6 Å². The highest BCUT2D eigenvalue weighted by atomic mass is 32.1. The molecular weight excluding hydrogens is 175 g/mol. The average Bonchev–Trinajstić information content (AvgIpc) is 2.05. The van der Waals surface area contributed by atoms with Crippen LogP contribution in [0.1, 0.15) is 5.56 Å². The smallest absolute Gasteiger partial charge is 0.141 e. The third-order valence-electron chi connectivity index (χ3n) is 1.38. The van der Waals surface area contributed by atoms with Gasteiger partial charge >= 0.3 is 0 Å². The first-order valence-electron chi connectivity index (χ1n) is 3.74. The minimum Gasteiger partial charge on any atom is -0.312 e. The van der Waals surface area contributed by atoms with Crippen LogP contribution in [0.4, 0.5) is 4.39 Å². The van der Waals surface area contributed by atoms with Crippen LogP contribution in [0.5, 0.6) is 0 Å². The molecule has 1 heterocycles. The molecule has 0 aliphatic carbocycles. The first-order valence-corrected chi connectivity index (χ1v) is 4.37. The van der Waals surface area contributed by atoms with E-state index in [2.05, 4.69) is 22.9 Å². The molecule has 0 aromatic carbocycles. The first kappa shape index (κ1) is 9.48. The molecule has 0 unspecified atom stereocenters. The molecule has 2 nitrogen and oxygen atoms in total. The molecule has 0 aliphatic rings. The van der Waals surface area contributed by atoms with E-state index in [1.165, 1.54) is 12.3 Å². The summed E-state index contributed by atoms with van der Waals surface area (Å²) in [6, 6.07) is 1.47. The molecule has 1 aromatic heterocycles. The van der Waals surface area contributed by atoms with Crippen molar-refractivity contribution in [2.75, 3.05) is 12.3 Å². The molecule has 0 amide bonds. The number of rotatable bonds is 4. The molecule has 1 aromatic rings. The van der Waals surface area contributed by atoms with Crippen molar-refractivity contribution < 1.29 is 4.39 Å². The van der Waals surface area contributed by atoms with Crippen LogP contribution in [-0.2, 0) is 6.54 Å². The molecular formula is C8H11FN2S. The Morgan fingerprint density at radius 2 is 2.33 bits per heavy atom. The van der Waals surface area contributed by atoms with Crippen molar-refractivity contribution in [2.24, 2.45) is 0 Å². The summed E-state index contributed by atoms with van der Waals surface area (Å²) in [6.45, 7) is 1.46. The lowest BCUT2D eigenvalue weighted by Gasteiger charge is -2.01. The van der Waals surface area contributed by atoms with E-state index < -0.39 is 0 Å². The zero-order valence-electron chi connectivity index (χ0n) is 6.63. The summed E-state index contributed by atoms with van der Waals surface area (Å²) in [6.07, 6.45) is 2.84. The van der Waals surface area contributed by atoms with Crippen LogP contribution in [-0.4, -0.2) is 17.3 Å². The van der Waals surface area contributed by atoms with Crippen molar-refractivity contribution in [3.05, 3.63) is 29.8 Å². The number of halogens is 1. The Labute approximate surface area is 76.6 Å². The number of nitrogens with one attached hydrogen (secondary N) is 1. The SMILES string of the molecule is Fc1cncc(CNCCS)c1. The van der Waals surface area contributed by atoms with Gasteiger partial charge in [-0.1, -0.05) is 0 Å². The molecule has 0 saturated heterocycles. The zero-order valence-corrected chi connectivity index (χ0v) is 7.52. The third kappa shape index (κ3) is 3.19. The van der Waals surface area contributed by atoms with Crippen LogP contribution in [0, 0.1) is 5.82 Å². The maximum atomic E-state index is 12.6. The number of nitrogens with zero attached hydrogens (tertiary/aromatic N) is 1. The summed E-state index contributed by atoms with van der Waals surface area (Å²) in [7, 11) is 0. The van der Waals surface area contributed by atoms with E-state index in [4.69, 9.17) is 0 Å². The second-order valence-electron chi connectivity index (χ2n) is 2.41. The van der Waals surface area contributed by atoms with Gasteiger partial charge in [0.15, 0.2) is 0 Å². The second kappa shape index (κ2) is 5.11. The molecule has 0 fully saturated rings. The molecule has 1 rings (SSSR count). The Kier molecular flexibility index (Phi) is 4.04. The Balaban J connectivity index is 2.41. The number of hydrogen-bond donors (Lipinski definition) is 2. The standard InChI is InChI=1S/C8H11FN2S/c9-8-3-7(5-11-6-8)4-10-1-2-12/h3,5-6,10,12H,1-2,4H2. The summed E-state index contributed by atoms with van der Waals surface area (Å²) in [4.78, 5) is 3.73. The normalized spacial score (nSPS) is 10.2. The Hall–Kier alpha value is -0.610. The van der Waals surface area contributed by atoms with Gasteiger partial charge in [-0.2, -0.15) is 12.6 Å². The summed E-state index contributed by atoms with van der Waals surface area (Å²) in [5, 5.41) is 3.10. The molecule has 0 saturated carbocycles. The van der Waals surface area contributed by atoms with Gasteiger partial charge in [0.2, 0.25) is 0 Å². The minimum absolute atomic E-state index is 0.292. The molecule has 0 aliphatic heterocycles. The van der Waals surface area contributed by atoms with Crippen molar-refractivity contribution in [3.8, 4) is 0 Å². The van der Waals surface area contributed by atoms with Crippen molar-refractivity contribution in [1.82, 2.24) is 10.3 Å². The quantitative estimate of drug-likeness (QED) is 0.546. The summed E-state index contributed by atoms with van der Waals surface area (Å²) >= 11 is 4.04. The van der Waals surface area contributed by atoms with Gasteiger partial charge in [0.25, 0.3) is 0 Å². The van der Waals surface area contributed by atoms with Gasteiger partial charge in [0.05, 0.1) is 6.20 Å². The van der Waals surface area contributed by atoms with Crippen LogP contribution in [0.2, 0.25) is 0 Å².